The van der Waals surface area contributed by atoms with Gasteiger partial charge in [0.15, 0.2) is 5.82 Å². The molecule has 0 aliphatic carbocycles. The summed E-state index contributed by atoms with van der Waals surface area (Å²) in [6.45, 7) is 2.82. The quantitative estimate of drug-likeness (QED) is 0.411. The first-order valence-electron chi connectivity index (χ1n) is 11.3. The van der Waals surface area contributed by atoms with E-state index in [0.717, 1.165) is 16.4 Å². The molecule has 2 amide bonds. The molecule has 1 aliphatic rings. The van der Waals surface area contributed by atoms with Gasteiger partial charge in [-0.2, -0.15) is 0 Å². The van der Waals surface area contributed by atoms with E-state index in [1.807, 2.05) is 13.0 Å². The number of amides is 2. The zero-order valence-electron chi connectivity index (χ0n) is 19.3. The number of hydrogen-bond acceptors (Lipinski definition) is 8. The van der Waals surface area contributed by atoms with E-state index in [1.54, 1.807) is 34.7 Å². The minimum Gasteiger partial charge on any atom is -0.465 e. The number of carboxylic acid groups (broad SMARTS) is 1. The normalized spacial score (nSPS) is 15.8. The van der Waals surface area contributed by atoms with Crippen molar-refractivity contribution in [2.45, 2.75) is 19.4 Å². The lowest BCUT2D eigenvalue weighted by atomic mass is 10.1. The maximum Gasteiger partial charge on any atom is 0.407 e. The van der Waals surface area contributed by atoms with Gasteiger partial charge in [0.1, 0.15) is 11.5 Å². The first kappa shape index (κ1) is 23.5. The molecule has 0 radical (unpaired) electrons. The summed E-state index contributed by atoms with van der Waals surface area (Å²) in [5.41, 5.74) is 3.60. The van der Waals surface area contributed by atoms with Crippen LogP contribution in [0, 0.1) is 5.82 Å². The van der Waals surface area contributed by atoms with Crippen LogP contribution in [0.5, 0.6) is 0 Å². The van der Waals surface area contributed by atoms with Crippen LogP contribution in [0.2, 0.25) is 0 Å². The van der Waals surface area contributed by atoms with Gasteiger partial charge in [-0.1, -0.05) is 13.0 Å². The summed E-state index contributed by atoms with van der Waals surface area (Å²) in [4.78, 5) is 44.2. The second-order valence-corrected chi connectivity index (χ2v) is 9.16. The fraction of sp³-hybridized carbons (Fsp3) is 0.250. The van der Waals surface area contributed by atoms with E-state index in [1.165, 1.54) is 22.4 Å². The number of nitrogens with one attached hydrogen (secondary N) is 1. The van der Waals surface area contributed by atoms with E-state index in [0.29, 0.717) is 36.5 Å². The van der Waals surface area contributed by atoms with Crippen molar-refractivity contribution in [2.24, 2.45) is 0 Å². The molecule has 4 aromatic rings. The topological polar surface area (TPSA) is 124 Å². The molecule has 36 heavy (non-hydrogen) atoms. The summed E-state index contributed by atoms with van der Waals surface area (Å²) >= 11 is 1.50. The summed E-state index contributed by atoms with van der Waals surface area (Å²) in [5.74, 6) is -0.221. The van der Waals surface area contributed by atoms with Gasteiger partial charge in [-0.3, -0.25) is 4.79 Å². The van der Waals surface area contributed by atoms with Gasteiger partial charge in [-0.25, -0.2) is 29.1 Å². The molecule has 10 nitrogen and oxygen atoms in total. The van der Waals surface area contributed by atoms with Crippen LogP contribution in [0.15, 0.2) is 48.2 Å². The summed E-state index contributed by atoms with van der Waals surface area (Å²) < 4.78 is 15.5. The van der Waals surface area contributed by atoms with Crippen LogP contribution in [0.4, 0.5) is 21.0 Å². The fourth-order valence-corrected chi connectivity index (χ4v) is 4.83. The number of fused-ring (bicyclic) bond motifs is 1. The predicted molar refractivity (Wildman–Crippen MR) is 133 cm³/mol. The highest BCUT2D eigenvalue weighted by molar-refractivity contribution is 7.16. The Balaban J connectivity index is 1.29. The highest BCUT2D eigenvalue weighted by atomic mass is 32.1. The lowest BCUT2D eigenvalue weighted by Crippen LogP contribution is -2.56. The van der Waals surface area contributed by atoms with Gasteiger partial charge in [-0.15, -0.1) is 11.3 Å². The van der Waals surface area contributed by atoms with E-state index in [-0.39, 0.29) is 30.1 Å². The maximum atomic E-state index is 14.5. The van der Waals surface area contributed by atoms with Gasteiger partial charge in [-0.05, 0) is 30.7 Å². The Bertz CT molecular complexity index is 1430. The molecule has 184 valence electrons. The molecule has 0 bridgehead atoms. The third-order valence-corrected chi connectivity index (χ3v) is 6.90. The van der Waals surface area contributed by atoms with Crippen LogP contribution in [0.3, 0.4) is 0 Å². The fourth-order valence-electron chi connectivity index (χ4n) is 4.17. The summed E-state index contributed by atoms with van der Waals surface area (Å²) in [6.07, 6.45) is 2.18. The highest BCUT2D eigenvalue weighted by Gasteiger charge is 2.31. The minimum atomic E-state index is -0.971. The molecule has 1 aliphatic heterocycles. The Morgan fingerprint density at radius 3 is 2.78 bits per heavy atom. The first-order valence-corrected chi connectivity index (χ1v) is 12.2. The van der Waals surface area contributed by atoms with Crippen molar-refractivity contribution < 1.29 is 19.1 Å². The second-order valence-electron chi connectivity index (χ2n) is 8.27. The molecule has 12 heteroatoms. The van der Waals surface area contributed by atoms with Crippen molar-refractivity contribution in [2.75, 3.05) is 25.0 Å². The number of piperazine rings is 1. The number of nitrogens with zero attached hydrogens (tertiary/aromatic N) is 6. The van der Waals surface area contributed by atoms with E-state index in [4.69, 9.17) is 0 Å². The van der Waals surface area contributed by atoms with Crippen molar-refractivity contribution >= 4 is 45.3 Å². The molecular formula is C24H22FN7O3S. The number of halogens is 1. The molecule has 4 heterocycles. The Morgan fingerprint density at radius 2 is 2.03 bits per heavy atom. The number of aromatic nitrogens is 4. The van der Waals surface area contributed by atoms with Gasteiger partial charge in [0, 0.05) is 31.4 Å². The molecular weight excluding hydrogens is 485 g/mol. The Hall–Kier alpha value is -4.19. The minimum absolute atomic E-state index is 0.139. The summed E-state index contributed by atoms with van der Waals surface area (Å²) in [5, 5.41) is 12.3. The number of hydrogen-bond donors (Lipinski definition) is 2. The Kier molecular flexibility index (Phi) is 6.42. The standard InChI is InChI=1S/C24H22FN7O3S/c1-2-16-12-31(7-8-32(16)24(34)35)22(33)15-4-6-20(26-10-15)29-23-27-11-17(25)21(30-23)14-3-5-19-18(9-14)28-13-36-19/h3-6,9-11,13,16H,2,7-8,12H2,1H3,(H,34,35)(H,26,27,29,30). The molecule has 1 aromatic carbocycles. The third-order valence-electron chi connectivity index (χ3n) is 6.09. The predicted octanol–water partition coefficient (Wildman–Crippen LogP) is 4.25. The average Bonchev–Trinajstić information content (AvgIpc) is 3.37. The van der Waals surface area contributed by atoms with Crippen LogP contribution in [-0.4, -0.2) is 72.5 Å². The van der Waals surface area contributed by atoms with Gasteiger partial charge in [0.25, 0.3) is 5.91 Å². The molecule has 2 N–H and O–H groups in total. The maximum absolute atomic E-state index is 14.5. The molecule has 1 unspecified atom stereocenters. The zero-order chi connectivity index (χ0) is 25.2. The zero-order valence-corrected chi connectivity index (χ0v) is 20.1. The highest BCUT2D eigenvalue weighted by Crippen LogP contribution is 2.27. The molecule has 1 fully saturated rings. The van der Waals surface area contributed by atoms with Gasteiger partial charge >= 0.3 is 6.09 Å². The van der Waals surface area contributed by atoms with E-state index >= 15 is 0 Å². The Labute approximate surface area is 209 Å². The Morgan fingerprint density at radius 1 is 1.17 bits per heavy atom. The van der Waals surface area contributed by atoms with E-state index in [9.17, 15) is 19.1 Å². The number of carbonyl (C=O) groups is 2. The van der Waals surface area contributed by atoms with Gasteiger partial charge in [0.2, 0.25) is 5.95 Å². The number of carbonyl (C=O) groups excluding carboxylic acids is 1. The first-order chi connectivity index (χ1) is 17.4. The number of anilines is 2. The molecule has 3 aromatic heterocycles. The summed E-state index contributed by atoms with van der Waals surface area (Å²) in [7, 11) is 0. The molecule has 1 saturated heterocycles. The lowest BCUT2D eigenvalue weighted by Gasteiger charge is -2.39. The summed E-state index contributed by atoms with van der Waals surface area (Å²) in [6, 6.07) is 8.44. The SMILES string of the molecule is CCC1CN(C(=O)c2ccc(Nc3ncc(F)c(-c4ccc5scnc5c4)n3)nc2)CCN1C(=O)O. The van der Waals surface area contributed by atoms with Gasteiger partial charge < -0.3 is 20.2 Å². The number of rotatable bonds is 5. The number of pyridine rings is 1. The van der Waals surface area contributed by atoms with Crippen molar-refractivity contribution in [3.8, 4) is 11.3 Å². The van der Waals surface area contributed by atoms with Crippen molar-refractivity contribution in [3.05, 3.63) is 59.6 Å². The molecule has 5 rings (SSSR count). The number of benzene rings is 1. The largest absolute Gasteiger partial charge is 0.465 e. The van der Waals surface area contributed by atoms with Crippen LogP contribution < -0.4 is 5.32 Å². The monoisotopic (exact) mass is 507 g/mol. The lowest BCUT2D eigenvalue weighted by molar-refractivity contribution is 0.0469. The number of thiazole rings is 1. The van der Waals surface area contributed by atoms with Crippen molar-refractivity contribution in [1.82, 2.24) is 29.7 Å². The molecule has 0 saturated carbocycles. The van der Waals surface area contributed by atoms with E-state index < -0.39 is 11.9 Å². The third kappa shape index (κ3) is 4.67. The van der Waals surface area contributed by atoms with Crippen LogP contribution in [-0.2, 0) is 0 Å². The second kappa shape index (κ2) is 9.82. The van der Waals surface area contributed by atoms with Crippen molar-refractivity contribution in [1.29, 1.82) is 0 Å². The van der Waals surface area contributed by atoms with Gasteiger partial charge in [0.05, 0.1) is 33.5 Å². The molecule has 0 spiro atoms. The average molecular weight is 508 g/mol. The smallest absolute Gasteiger partial charge is 0.407 e. The van der Waals surface area contributed by atoms with E-state index in [2.05, 4.69) is 25.3 Å². The van der Waals surface area contributed by atoms with Crippen LogP contribution >= 0.6 is 11.3 Å². The molecule has 1 atom stereocenters. The van der Waals surface area contributed by atoms with Crippen molar-refractivity contribution in [3.63, 3.8) is 0 Å². The van der Waals surface area contributed by atoms with Crippen LogP contribution in [0.1, 0.15) is 23.7 Å². The van der Waals surface area contributed by atoms with Crippen LogP contribution in [0.25, 0.3) is 21.5 Å².